The first-order valence-corrected chi connectivity index (χ1v) is 11.2. The fraction of sp³-hybridized carbons (Fsp3) is 0.207. The molecule has 0 saturated carbocycles. The molecule has 0 unspecified atom stereocenters. The van der Waals surface area contributed by atoms with Gasteiger partial charge in [0.05, 0.1) is 6.61 Å². The van der Waals surface area contributed by atoms with Crippen molar-refractivity contribution in [1.29, 1.82) is 0 Å². The topological polar surface area (TPSA) is 35.5 Å². The molecule has 1 aliphatic carbocycles. The van der Waals surface area contributed by atoms with E-state index in [0.29, 0.717) is 6.61 Å². The summed E-state index contributed by atoms with van der Waals surface area (Å²) in [5.74, 6) is 0.922. The molecule has 32 heavy (non-hydrogen) atoms. The van der Waals surface area contributed by atoms with Gasteiger partial charge in [-0.1, -0.05) is 71.8 Å². The second-order valence-electron chi connectivity index (χ2n) is 8.87. The minimum Gasteiger partial charge on any atom is -0.464 e. The van der Waals surface area contributed by atoms with Gasteiger partial charge < -0.3 is 9.47 Å². The summed E-state index contributed by atoms with van der Waals surface area (Å²) in [5, 5.41) is 2.14. The predicted molar refractivity (Wildman–Crippen MR) is 126 cm³/mol. The number of aryl methyl sites for hydroxylation is 2. The van der Waals surface area contributed by atoms with Gasteiger partial charge in [-0.05, 0) is 42.8 Å². The smallest absolute Gasteiger partial charge is 0.200 e. The largest absolute Gasteiger partial charge is 0.464 e. The molecule has 4 aromatic rings. The van der Waals surface area contributed by atoms with Crippen LogP contribution in [-0.4, -0.2) is 12.1 Å². The first-order chi connectivity index (χ1) is 15.6. The van der Waals surface area contributed by atoms with Crippen LogP contribution in [0.2, 0.25) is 0 Å². The van der Waals surface area contributed by atoms with Crippen LogP contribution in [0.25, 0.3) is 21.9 Å². The van der Waals surface area contributed by atoms with Crippen molar-refractivity contribution in [3.05, 3.63) is 100 Å². The molecule has 0 spiro atoms. The van der Waals surface area contributed by atoms with Crippen molar-refractivity contribution in [2.24, 2.45) is 0 Å². The Labute approximate surface area is 187 Å². The quantitative estimate of drug-likeness (QED) is 0.333. The van der Waals surface area contributed by atoms with Gasteiger partial charge in [-0.2, -0.15) is 0 Å². The second kappa shape index (κ2) is 7.32. The molecule has 3 heteroatoms. The average Bonchev–Trinajstić information content (AvgIpc) is 3.10. The van der Waals surface area contributed by atoms with Crippen LogP contribution < -0.4 is 4.74 Å². The summed E-state index contributed by atoms with van der Waals surface area (Å²) >= 11 is 0. The molecule has 0 aromatic heterocycles. The van der Waals surface area contributed by atoms with Gasteiger partial charge in [0.2, 0.25) is 6.29 Å². The highest BCUT2D eigenvalue weighted by atomic mass is 16.7. The molecule has 0 fully saturated rings. The Morgan fingerprint density at radius 1 is 0.875 bits per heavy atom. The van der Waals surface area contributed by atoms with Crippen molar-refractivity contribution in [2.45, 2.75) is 39.6 Å². The number of fused-ring (bicyclic) bond motifs is 8. The third-order valence-corrected chi connectivity index (χ3v) is 6.59. The molecular weight excluding hydrogens is 396 g/mol. The van der Waals surface area contributed by atoms with Gasteiger partial charge in [0, 0.05) is 34.1 Å². The van der Waals surface area contributed by atoms with Crippen LogP contribution in [0.4, 0.5) is 0 Å². The zero-order valence-corrected chi connectivity index (χ0v) is 18.3. The summed E-state index contributed by atoms with van der Waals surface area (Å²) in [6.45, 7) is 4.67. The lowest BCUT2D eigenvalue weighted by molar-refractivity contribution is -0.0987. The molecule has 1 aliphatic heterocycles. The Morgan fingerprint density at radius 2 is 1.66 bits per heavy atom. The van der Waals surface area contributed by atoms with E-state index < -0.39 is 0 Å². The van der Waals surface area contributed by atoms with Gasteiger partial charge >= 0.3 is 0 Å². The van der Waals surface area contributed by atoms with E-state index in [1.807, 2.05) is 30.3 Å². The van der Waals surface area contributed by atoms with Crippen LogP contribution in [0.15, 0.2) is 66.7 Å². The molecule has 6 rings (SSSR count). The highest BCUT2D eigenvalue weighted by Gasteiger charge is 2.36. The number of ether oxygens (including phenoxy) is 2. The van der Waals surface area contributed by atoms with Crippen molar-refractivity contribution in [2.75, 3.05) is 0 Å². The molecule has 4 aromatic carbocycles. The van der Waals surface area contributed by atoms with Crippen LogP contribution in [0.3, 0.4) is 0 Å². The second-order valence-corrected chi connectivity index (χ2v) is 8.87. The van der Waals surface area contributed by atoms with Crippen molar-refractivity contribution < 1.29 is 14.3 Å². The monoisotopic (exact) mass is 420 g/mol. The van der Waals surface area contributed by atoms with Gasteiger partial charge in [0.1, 0.15) is 5.75 Å². The Bertz CT molecular complexity index is 1390. The van der Waals surface area contributed by atoms with Crippen LogP contribution >= 0.6 is 0 Å². The van der Waals surface area contributed by atoms with E-state index in [9.17, 15) is 4.79 Å². The first-order valence-electron chi connectivity index (χ1n) is 11.2. The van der Waals surface area contributed by atoms with E-state index in [1.165, 1.54) is 5.56 Å². The summed E-state index contributed by atoms with van der Waals surface area (Å²) in [6.07, 6.45) is 1.16. The van der Waals surface area contributed by atoms with Gasteiger partial charge in [0.25, 0.3) is 0 Å². The van der Waals surface area contributed by atoms with Crippen LogP contribution in [0.1, 0.15) is 44.6 Å². The summed E-state index contributed by atoms with van der Waals surface area (Å²) in [5.41, 5.74) is 8.20. The number of hydrogen-bond donors (Lipinski definition) is 0. The average molecular weight is 421 g/mol. The summed E-state index contributed by atoms with van der Waals surface area (Å²) < 4.78 is 12.6. The van der Waals surface area contributed by atoms with E-state index in [-0.39, 0.29) is 12.1 Å². The summed E-state index contributed by atoms with van der Waals surface area (Å²) in [6, 6.07) is 22.7. The minimum atomic E-state index is -0.328. The van der Waals surface area contributed by atoms with Crippen molar-refractivity contribution in [3.8, 4) is 16.9 Å². The SMILES string of the molecule is Cc1ccc2c(c1)-c1c(c3c(c4cc(C)ccc14)O[C@H](OCc1ccccc1)CC3)C2=O. The standard InChI is InChI=1S/C29H24O3/c1-17-9-11-21-23(14-17)26-20-10-8-18(2)15-24(20)29-22(27(26)28(21)30)12-13-25(32-29)31-16-19-6-4-3-5-7-19/h3-11,14-15,25H,12-13,16H2,1-2H3/t25-/m0/s1. The fourth-order valence-corrected chi connectivity index (χ4v) is 5.06. The van der Waals surface area contributed by atoms with Crippen LogP contribution in [0.5, 0.6) is 5.75 Å². The molecule has 0 N–H and O–H groups in total. The van der Waals surface area contributed by atoms with Crippen LogP contribution in [-0.2, 0) is 17.8 Å². The lowest BCUT2D eigenvalue weighted by Crippen LogP contribution is -2.27. The molecule has 2 aliphatic rings. The lowest BCUT2D eigenvalue weighted by Gasteiger charge is -2.29. The molecule has 0 radical (unpaired) electrons. The van der Waals surface area contributed by atoms with Crippen molar-refractivity contribution in [1.82, 2.24) is 0 Å². The molecule has 1 heterocycles. The third kappa shape index (κ3) is 2.96. The Morgan fingerprint density at radius 3 is 2.50 bits per heavy atom. The predicted octanol–water partition coefficient (Wildman–Crippen LogP) is 6.54. The minimum absolute atomic E-state index is 0.112. The highest BCUT2D eigenvalue weighted by Crippen LogP contribution is 2.49. The number of rotatable bonds is 3. The third-order valence-electron chi connectivity index (χ3n) is 6.59. The van der Waals surface area contributed by atoms with Crippen molar-refractivity contribution in [3.63, 3.8) is 0 Å². The van der Waals surface area contributed by atoms with E-state index in [2.05, 4.69) is 50.2 Å². The zero-order valence-electron chi connectivity index (χ0n) is 18.3. The van der Waals surface area contributed by atoms with E-state index in [1.54, 1.807) is 0 Å². The van der Waals surface area contributed by atoms with Gasteiger partial charge in [-0.15, -0.1) is 0 Å². The van der Waals surface area contributed by atoms with Crippen molar-refractivity contribution >= 4 is 16.6 Å². The number of ketones is 1. The Kier molecular flexibility index (Phi) is 4.41. The molecule has 0 amide bonds. The molecule has 0 bridgehead atoms. The number of carbonyl (C=O) groups excluding carboxylic acids is 1. The fourth-order valence-electron chi connectivity index (χ4n) is 5.06. The van der Waals surface area contributed by atoms with Crippen LogP contribution in [0, 0.1) is 13.8 Å². The molecular formula is C29H24O3. The molecule has 0 saturated heterocycles. The maximum atomic E-state index is 13.5. The highest BCUT2D eigenvalue weighted by molar-refractivity contribution is 6.27. The summed E-state index contributed by atoms with van der Waals surface area (Å²) in [4.78, 5) is 13.5. The zero-order chi connectivity index (χ0) is 21.8. The maximum absolute atomic E-state index is 13.5. The first kappa shape index (κ1) is 19.3. The molecule has 158 valence electrons. The number of benzene rings is 4. The van der Waals surface area contributed by atoms with Gasteiger partial charge in [-0.25, -0.2) is 0 Å². The lowest BCUT2D eigenvalue weighted by atomic mass is 9.88. The number of hydrogen-bond acceptors (Lipinski definition) is 3. The Hall–Kier alpha value is -3.43. The normalized spacial score (nSPS) is 16.4. The van der Waals surface area contributed by atoms with E-state index in [4.69, 9.17) is 9.47 Å². The van der Waals surface area contributed by atoms with E-state index >= 15 is 0 Å². The summed E-state index contributed by atoms with van der Waals surface area (Å²) in [7, 11) is 0. The van der Waals surface area contributed by atoms with Gasteiger partial charge in [-0.3, -0.25) is 4.79 Å². The number of carbonyl (C=O) groups is 1. The maximum Gasteiger partial charge on any atom is 0.200 e. The van der Waals surface area contributed by atoms with Gasteiger partial charge in [0.15, 0.2) is 5.78 Å². The molecule has 3 nitrogen and oxygen atoms in total. The van der Waals surface area contributed by atoms with E-state index in [0.717, 1.165) is 68.3 Å². The Balaban J connectivity index is 1.47. The molecule has 1 atom stereocenters.